The second-order valence-electron chi connectivity index (χ2n) is 6.15. The van der Waals surface area contributed by atoms with Crippen LogP contribution in [0.4, 0.5) is 0 Å². The Morgan fingerprint density at radius 3 is 2.50 bits per heavy atom. The third-order valence-corrected chi connectivity index (χ3v) is 3.92. The zero-order valence-electron chi connectivity index (χ0n) is 12.7. The van der Waals surface area contributed by atoms with Gasteiger partial charge in [-0.05, 0) is 50.0 Å². The Balaban J connectivity index is 2.08. The first kappa shape index (κ1) is 17.0. The number of amides is 1. The van der Waals surface area contributed by atoms with E-state index in [1.54, 1.807) is 0 Å². The summed E-state index contributed by atoms with van der Waals surface area (Å²) >= 11 is 0. The van der Waals surface area contributed by atoms with Gasteiger partial charge in [0, 0.05) is 13.0 Å². The van der Waals surface area contributed by atoms with Gasteiger partial charge in [0.1, 0.15) is 0 Å². The molecule has 5 heteroatoms. The van der Waals surface area contributed by atoms with Gasteiger partial charge in [-0.2, -0.15) is 0 Å². The molecular weight excluding hydrogens is 256 g/mol. The lowest BCUT2D eigenvalue weighted by molar-refractivity contribution is -0.137. The van der Waals surface area contributed by atoms with Crippen molar-refractivity contribution in [2.45, 2.75) is 46.0 Å². The average molecular weight is 284 g/mol. The molecule has 1 fully saturated rings. The van der Waals surface area contributed by atoms with Crippen LogP contribution >= 0.6 is 0 Å². The van der Waals surface area contributed by atoms with Crippen molar-refractivity contribution in [1.82, 2.24) is 10.6 Å². The summed E-state index contributed by atoms with van der Waals surface area (Å²) in [7, 11) is 0. The molecule has 1 amide bonds. The van der Waals surface area contributed by atoms with Crippen LogP contribution in [0, 0.1) is 17.8 Å². The zero-order valence-corrected chi connectivity index (χ0v) is 12.7. The van der Waals surface area contributed by atoms with Gasteiger partial charge in [0.2, 0.25) is 5.91 Å². The lowest BCUT2D eigenvalue weighted by Crippen LogP contribution is -2.36. The standard InChI is InChI=1S/C15H28N2O3/c1-11(2)13(5-6-15(19)20)7-8-17-14(18)10-16-9-12-3-4-12/h11-13,16H,3-10H2,1-2H3,(H,17,18)(H,19,20). The summed E-state index contributed by atoms with van der Waals surface area (Å²) in [5.74, 6) is 0.865. The lowest BCUT2D eigenvalue weighted by Gasteiger charge is -2.20. The normalized spacial score (nSPS) is 16.1. The molecule has 1 saturated carbocycles. The van der Waals surface area contributed by atoms with Crippen LogP contribution in [0.3, 0.4) is 0 Å². The Hall–Kier alpha value is -1.10. The molecule has 0 aromatic heterocycles. The number of carboxylic acids is 1. The minimum atomic E-state index is -0.746. The zero-order chi connectivity index (χ0) is 15.0. The van der Waals surface area contributed by atoms with Gasteiger partial charge in [0.25, 0.3) is 0 Å². The Labute approximate surface area is 121 Å². The predicted molar refractivity (Wildman–Crippen MR) is 78.4 cm³/mol. The summed E-state index contributed by atoms with van der Waals surface area (Å²) in [4.78, 5) is 22.2. The molecule has 1 atom stereocenters. The van der Waals surface area contributed by atoms with Crippen molar-refractivity contribution in [3.05, 3.63) is 0 Å². The molecule has 1 aliphatic carbocycles. The number of carboxylic acid groups (broad SMARTS) is 1. The lowest BCUT2D eigenvalue weighted by atomic mass is 9.88. The van der Waals surface area contributed by atoms with Crippen molar-refractivity contribution in [1.29, 1.82) is 0 Å². The van der Waals surface area contributed by atoms with Gasteiger partial charge < -0.3 is 15.7 Å². The van der Waals surface area contributed by atoms with Crippen LogP contribution < -0.4 is 10.6 Å². The Bertz CT molecular complexity index is 314. The van der Waals surface area contributed by atoms with Crippen molar-refractivity contribution in [2.24, 2.45) is 17.8 Å². The molecule has 0 saturated heterocycles. The number of hydrogen-bond acceptors (Lipinski definition) is 3. The average Bonchev–Trinajstić information content (AvgIpc) is 3.16. The maximum atomic E-state index is 11.6. The molecule has 0 radical (unpaired) electrons. The number of carbonyl (C=O) groups excluding carboxylic acids is 1. The molecule has 0 aromatic carbocycles. The third kappa shape index (κ3) is 8.15. The van der Waals surface area contributed by atoms with Crippen molar-refractivity contribution < 1.29 is 14.7 Å². The summed E-state index contributed by atoms with van der Waals surface area (Å²) in [6.45, 7) is 6.17. The smallest absolute Gasteiger partial charge is 0.303 e. The highest BCUT2D eigenvalue weighted by atomic mass is 16.4. The minimum Gasteiger partial charge on any atom is -0.481 e. The molecule has 0 heterocycles. The van der Waals surface area contributed by atoms with Crippen LogP contribution in [0.25, 0.3) is 0 Å². The maximum Gasteiger partial charge on any atom is 0.303 e. The van der Waals surface area contributed by atoms with E-state index >= 15 is 0 Å². The van der Waals surface area contributed by atoms with E-state index in [1.165, 1.54) is 12.8 Å². The van der Waals surface area contributed by atoms with Crippen LogP contribution in [-0.4, -0.2) is 36.6 Å². The highest BCUT2D eigenvalue weighted by Gasteiger charge is 2.20. The quantitative estimate of drug-likeness (QED) is 0.539. The summed E-state index contributed by atoms with van der Waals surface area (Å²) < 4.78 is 0. The predicted octanol–water partition coefficient (Wildman–Crippen LogP) is 1.63. The van der Waals surface area contributed by atoms with Crippen molar-refractivity contribution in [3.63, 3.8) is 0 Å². The molecule has 1 unspecified atom stereocenters. The molecule has 20 heavy (non-hydrogen) atoms. The van der Waals surface area contributed by atoms with Crippen molar-refractivity contribution >= 4 is 11.9 Å². The maximum absolute atomic E-state index is 11.6. The van der Waals surface area contributed by atoms with Crippen LogP contribution in [-0.2, 0) is 9.59 Å². The van der Waals surface area contributed by atoms with Gasteiger partial charge in [0.05, 0.1) is 6.54 Å². The fraction of sp³-hybridized carbons (Fsp3) is 0.867. The number of rotatable bonds is 11. The number of aliphatic carboxylic acids is 1. The molecule has 1 rings (SSSR count). The summed E-state index contributed by atoms with van der Waals surface area (Å²) in [5, 5.41) is 14.8. The largest absolute Gasteiger partial charge is 0.481 e. The SMILES string of the molecule is CC(C)C(CCNC(=O)CNCC1CC1)CCC(=O)O. The van der Waals surface area contributed by atoms with Gasteiger partial charge in [-0.3, -0.25) is 9.59 Å². The van der Waals surface area contributed by atoms with E-state index in [9.17, 15) is 9.59 Å². The Morgan fingerprint density at radius 1 is 1.25 bits per heavy atom. The van der Waals surface area contributed by atoms with E-state index in [0.29, 0.717) is 31.3 Å². The van der Waals surface area contributed by atoms with Crippen LogP contribution in [0.2, 0.25) is 0 Å². The second kappa shape index (κ2) is 8.95. The molecule has 0 bridgehead atoms. The second-order valence-corrected chi connectivity index (χ2v) is 6.15. The van der Waals surface area contributed by atoms with E-state index in [1.807, 2.05) is 0 Å². The highest BCUT2D eigenvalue weighted by molar-refractivity contribution is 5.77. The summed E-state index contributed by atoms with van der Waals surface area (Å²) in [6.07, 6.45) is 4.31. The summed E-state index contributed by atoms with van der Waals surface area (Å²) in [6, 6.07) is 0. The molecule has 0 aromatic rings. The van der Waals surface area contributed by atoms with Crippen LogP contribution in [0.1, 0.15) is 46.0 Å². The van der Waals surface area contributed by atoms with Crippen LogP contribution in [0.5, 0.6) is 0 Å². The monoisotopic (exact) mass is 284 g/mol. The first-order valence-corrected chi connectivity index (χ1v) is 7.68. The molecule has 116 valence electrons. The molecule has 0 spiro atoms. The fourth-order valence-electron chi connectivity index (χ4n) is 2.29. The number of hydrogen-bond donors (Lipinski definition) is 3. The van der Waals surface area contributed by atoms with E-state index in [4.69, 9.17) is 5.11 Å². The number of carbonyl (C=O) groups is 2. The van der Waals surface area contributed by atoms with Gasteiger partial charge in [0.15, 0.2) is 0 Å². The van der Waals surface area contributed by atoms with E-state index in [-0.39, 0.29) is 12.3 Å². The first-order chi connectivity index (χ1) is 9.49. The highest BCUT2D eigenvalue weighted by Crippen LogP contribution is 2.27. The summed E-state index contributed by atoms with van der Waals surface area (Å²) in [5.41, 5.74) is 0. The number of nitrogens with one attached hydrogen (secondary N) is 2. The van der Waals surface area contributed by atoms with Gasteiger partial charge in [-0.1, -0.05) is 13.8 Å². The van der Waals surface area contributed by atoms with Crippen LogP contribution in [0.15, 0.2) is 0 Å². The van der Waals surface area contributed by atoms with Gasteiger partial charge >= 0.3 is 5.97 Å². The third-order valence-electron chi connectivity index (χ3n) is 3.92. The van der Waals surface area contributed by atoms with Crippen molar-refractivity contribution in [3.8, 4) is 0 Å². The van der Waals surface area contributed by atoms with Crippen molar-refractivity contribution in [2.75, 3.05) is 19.6 Å². The molecular formula is C15H28N2O3. The minimum absolute atomic E-state index is 0.0337. The fourth-order valence-corrected chi connectivity index (χ4v) is 2.29. The molecule has 1 aliphatic rings. The van der Waals surface area contributed by atoms with E-state index < -0.39 is 5.97 Å². The van der Waals surface area contributed by atoms with E-state index in [2.05, 4.69) is 24.5 Å². The molecule has 3 N–H and O–H groups in total. The van der Waals surface area contributed by atoms with E-state index in [0.717, 1.165) is 18.9 Å². The molecule has 0 aliphatic heterocycles. The van der Waals surface area contributed by atoms with Gasteiger partial charge in [-0.25, -0.2) is 0 Å². The Morgan fingerprint density at radius 2 is 1.95 bits per heavy atom. The van der Waals surface area contributed by atoms with Gasteiger partial charge in [-0.15, -0.1) is 0 Å². The Kier molecular flexibility index (Phi) is 7.59. The topological polar surface area (TPSA) is 78.4 Å². The molecule has 5 nitrogen and oxygen atoms in total. The first-order valence-electron chi connectivity index (χ1n) is 7.68.